The highest BCUT2D eigenvalue weighted by Crippen LogP contribution is 2.45. The summed E-state index contributed by atoms with van der Waals surface area (Å²) >= 11 is 0. The minimum absolute atomic E-state index is 0.0805. The summed E-state index contributed by atoms with van der Waals surface area (Å²) < 4.78 is 33.8. The Kier molecular flexibility index (Phi) is 11.3. The third kappa shape index (κ3) is 6.46. The lowest BCUT2D eigenvalue weighted by Gasteiger charge is -2.42. The van der Waals surface area contributed by atoms with Crippen LogP contribution < -0.4 is 0 Å². The van der Waals surface area contributed by atoms with Crippen LogP contribution in [0, 0.1) is 29.6 Å². The van der Waals surface area contributed by atoms with Crippen molar-refractivity contribution in [3.63, 3.8) is 0 Å². The van der Waals surface area contributed by atoms with Crippen molar-refractivity contribution in [2.45, 2.75) is 111 Å². The van der Waals surface area contributed by atoms with E-state index >= 15 is 0 Å². The first-order valence-corrected chi connectivity index (χ1v) is 11.3. The van der Waals surface area contributed by atoms with Crippen molar-refractivity contribution in [2.24, 2.45) is 29.6 Å². The predicted octanol–water partition coefficient (Wildman–Crippen LogP) is 7.38. The lowest BCUT2D eigenvalue weighted by Crippen LogP contribution is -2.45. The van der Waals surface area contributed by atoms with Crippen LogP contribution >= 0.6 is 0 Å². The molecule has 0 aromatic carbocycles. The largest absolute Gasteiger partial charge is 0.378 e. The van der Waals surface area contributed by atoms with E-state index in [1.54, 1.807) is 0 Å². The van der Waals surface area contributed by atoms with Gasteiger partial charge in [-0.15, -0.1) is 0 Å². The Morgan fingerprint density at radius 3 is 2.00 bits per heavy atom. The highest BCUT2D eigenvalue weighted by Gasteiger charge is 2.44. The molecule has 5 atom stereocenters. The minimum Gasteiger partial charge on any atom is -0.378 e. The molecule has 0 spiro atoms. The predicted molar refractivity (Wildman–Crippen MR) is 108 cm³/mol. The topological polar surface area (TPSA) is 9.23 Å². The summed E-state index contributed by atoms with van der Waals surface area (Å²) in [6.45, 7) is 10.9. The van der Waals surface area contributed by atoms with Crippen LogP contribution in [0.3, 0.4) is 0 Å². The van der Waals surface area contributed by atoms with Gasteiger partial charge < -0.3 is 4.74 Å². The fourth-order valence-corrected chi connectivity index (χ4v) is 5.23. The summed E-state index contributed by atoms with van der Waals surface area (Å²) in [5.74, 6) is 2.71. The van der Waals surface area contributed by atoms with Gasteiger partial charge in [-0.05, 0) is 74.5 Å². The molecule has 0 amide bonds. The van der Waals surface area contributed by atoms with E-state index < -0.39 is 18.4 Å². The van der Waals surface area contributed by atoms with Gasteiger partial charge in [0.2, 0.25) is 0 Å². The van der Waals surface area contributed by atoms with Gasteiger partial charge in [0.15, 0.2) is 6.17 Å². The molecule has 156 valence electrons. The van der Waals surface area contributed by atoms with Crippen LogP contribution in [-0.4, -0.2) is 25.6 Å². The molecule has 2 aliphatic carbocycles. The monoisotopic (exact) mass is 374 g/mol. The molecular formula is C23H44F2O. The molecule has 5 unspecified atom stereocenters. The average Bonchev–Trinajstić information content (AvgIpc) is 2.66. The molecule has 3 heteroatoms. The van der Waals surface area contributed by atoms with Gasteiger partial charge in [-0.3, -0.25) is 0 Å². The van der Waals surface area contributed by atoms with E-state index in [9.17, 15) is 8.78 Å². The first kappa shape index (κ1) is 23.9. The van der Waals surface area contributed by atoms with Gasteiger partial charge in [-0.1, -0.05) is 47.5 Å². The molecule has 0 aromatic heterocycles. The van der Waals surface area contributed by atoms with Crippen molar-refractivity contribution >= 4 is 0 Å². The van der Waals surface area contributed by atoms with Crippen molar-refractivity contribution < 1.29 is 13.5 Å². The number of halogens is 2. The van der Waals surface area contributed by atoms with Crippen molar-refractivity contribution in [3.05, 3.63) is 0 Å². The smallest absolute Gasteiger partial charge is 0.157 e. The average molecular weight is 375 g/mol. The molecule has 0 aromatic rings. The molecule has 0 N–H and O–H groups in total. The Hall–Kier alpha value is -0.180. The van der Waals surface area contributed by atoms with Crippen molar-refractivity contribution in [1.29, 1.82) is 0 Å². The molecule has 26 heavy (non-hydrogen) atoms. The maximum atomic E-state index is 14.5. The second kappa shape index (κ2) is 12.3. The molecule has 0 aliphatic heterocycles. The van der Waals surface area contributed by atoms with Gasteiger partial charge >= 0.3 is 0 Å². The van der Waals surface area contributed by atoms with Crippen LogP contribution in [-0.2, 0) is 4.74 Å². The third-order valence-electron chi connectivity index (χ3n) is 6.88. The van der Waals surface area contributed by atoms with Crippen LogP contribution in [0.1, 0.15) is 92.4 Å². The Bertz CT molecular complexity index is 352. The van der Waals surface area contributed by atoms with E-state index in [0.717, 1.165) is 37.0 Å². The molecule has 2 saturated carbocycles. The van der Waals surface area contributed by atoms with Gasteiger partial charge in [0.25, 0.3) is 0 Å². The molecule has 2 aliphatic rings. The highest BCUT2D eigenvalue weighted by atomic mass is 19.2. The van der Waals surface area contributed by atoms with Crippen LogP contribution in [0.2, 0.25) is 0 Å². The zero-order chi connectivity index (χ0) is 19.7. The van der Waals surface area contributed by atoms with E-state index in [2.05, 4.69) is 20.8 Å². The Labute approximate surface area is 161 Å². The summed E-state index contributed by atoms with van der Waals surface area (Å²) in [7, 11) is 1.50. The minimum atomic E-state index is -1.43. The van der Waals surface area contributed by atoms with Crippen LogP contribution in [0.4, 0.5) is 8.78 Å². The summed E-state index contributed by atoms with van der Waals surface area (Å²) in [4.78, 5) is 0. The Balaban J connectivity index is 0.00000163. The standard InChI is InChI=1S/C21H38F2O.C2H6/c1-5-15(7-6-14(2)3)16-8-10-17(11-9-16)18-12-13-19(24-4)21(23)20(18)22;1-2/h14-21H,5-13H2,1-4H3;1-2H3. The van der Waals surface area contributed by atoms with Crippen molar-refractivity contribution in [2.75, 3.05) is 7.11 Å². The van der Waals surface area contributed by atoms with E-state index in [1.807, 2.05) is 13.8 Å². The summed E-state index contributed by atoms with van der Waals surface area (Å²) in [5.41, 5.74) is 0. The van der Waals surface area contributed by atoms with Gasteiger partial charge in [-0.2, -0.15) is 0 Å². The first-order valence-electron chi connectivity index (χ1n) is 11.3. The second-order valence-electron chi connectivity index (χ2n) is 8.72. The van der Waals surface area contributed by atoms with Crippen molar-refractivity contribution in [1.82, 2.24) is 0 Å². The van der Waals surface area contributed by atoms with Crippen LogP contribution in [0.5, 0.6) is 0 Å². The van der Waals surface area contributed by atoms with Crippen molar-refractivity contribution in [3.8, 4) is 0 Å². The highest BCUT2D eigenvalue weighted by molar-refractivity contribution is 4.93. The fraction of sp³-hybridized carbons (Fsp3) is 1.00. The summed E-state index contributed by atoms with van der Waals surface area (Å²) in [6.07, 6.45) is 6.72. The van der Waals surface area contributed by atoms with Gasteiger partial charge in [0.1, 0.15) is 6.17 Å². The molecule has 1 nitrogen and oxygen atoms in total. The zero-order valence-corrected chi connectivity index (χ0v) is 18.1. The van der Waals surface area contributed by atoms with Crippen LogP contribution in [0.25, 0.3) is 0 Å². The number of hydrogen-bond donors (Lipinski definition) is 0. The molecule has 2 rings (SSSR count). The third-order valence-corrected chi connectivity index (χ3v) is 6.88. The maximum Gasteiger partial charge on any atom is 0.157 e. The normalized spacial score (nSPS) is 36.3. The maximum absolute atomic E-state index is 14.5. The zero-order valence-electron chi connectivity index (χ0n) is 18.1. The quantitative estimate of drug-likeness (QED) is 0.451. The first-order chi connectivity index (χ1) is 12.5. The van der Waals surface area contributed by atoms with Gasteiger partial charge in [0.05, 0.1) is 6.10 Å². The molecule has 0 saturated heterocycles. The summed E-state index contributed by atoms with van der Waals surface area (Å²) in [5, 5.41) is 0. The SMILES string of the molecule is CC.CCC(CCC(C)C)C1CCC(C2CCC(OC)C(F)C2F)CC1. The van der Waals surface area contributed by atoms with E-state index in [4.69, 9.17) is 4.74 Å². The summed E-state index contributed by atoms with van der Waals surface area (Å²) in [6, 6.07) is 0. The molecule has 2 fully saturated rings. The lowest BCUT2D eigenvalue weighted by atomic mass is 9.66. The van der Waals surface area contributed by atoms with Gasteiger partial charge in [-0.25, -0.2) is 8.78 Å². The van der Waals surface area contributed by atoms with E-state index in [1.165, 1.54) is 39.2 Å². The number of hydrogen-bond acceptors (Lipinski definition) is 1. The second-order valence-corrected chi connectivity index (χ2v) is 8.72. The number of rotatable bonds is 7. The Morgan fingerprint density at radius 1 is 0.885 bits per heavy atom. The molecule has 0 heterocycles. The van der Waals surface area contributed by atoms with E-state index in [0.29, 0.717) is 12.3 Å². The van der Waals surface area contributed by atoms with E-state index in [-0.39, 0.29) is 5.92 Å². The molecule has 0 bridgehead atoms. The number of alkyl halides is 2. The lowest BCUT2D eigenvalue weighted by molar-refractivity contribution is -0.0727. The molecular weight excluding hydrogens is 330 g/mol. The Morgan fingerprint density at radius 2 is 1.50 bits per heavy atom. The number of ether oxygens (including phenoxy) is 1. The van der Waals surface area contributed by atoms with Gasteiger partial charge in [0, 0.05) is 7.11 Å². The number of methoxy groups -OCH3 is 1. The van der Waals surface area contributed by atoms with Crippen LogP contribution in [0.15, 0.2) is 0 Å². The molecule has 0 radical (unpaired) electrons. The fourth-order valence-electron chi connectivity index (χ4n) is 5.23.